The van der Waals surface area contributed by atoms with E-state index in [1.807, 2.05) is 0 Å². The molecule has 0 saturated heterocycles. The van der Waals surface area contributed by atoms with Crippen LogP contribution in [-0.2, 0) is 14.3 Å². The first kappa shape index (κ1) is 27.0. The number of aromatic nitrogens is 1. The summed E-state index contributed by atoms with van der Waals surface area (Å²) >= 11 is 0. The molecule has 194 valence electrons. The van der Waals surface area contributed by atoms with Crippen molar-refractivity contribution in [2.45, 2.75) is 65.0 Å². The van der Waals surface area contributed by atoms with Crippen LogP contribution in [0.2, 0.25) is 0 Å². The maximum atomic E-state index is 13.8. The zero-order valence-corrected chi connectivity index (χ0v) is 20.6. The van der Waals surface area contributed by atoms with E-state index in [1.165, 1.54) is 24.3 Å². The first-order valence-electron chi connectivity index (χ1n) is 11.9. The molecule has 0 unspecified atom stereocenters. The Morgan fingerprint density at radius 1 is 1.00 bits per heavy atom. The molecule has 1 aliphatic rings. The molecule has 2 aromatic rings. The number of amides is 2. The topological polar surface area (TPSA) is 107 Å². The minimum Gasteiger partial charge on any atom is -0.466 e. The number of hydrogen-bond donors (Lipinski definition) is 2. The number of ether oxygens (including phenoxy) is 2. The van der Waals surface area contributed by atoms with Gasteiger partial charge in [-0.25, -0.2) is 13.8 Å². The van der Waals surface area contributed by atoms with Crippen molar-refractivity contribution >= 4 is 17.8 Å². The molecule has 0 atom stereocenters. The second-order valence-electron chi connectivity index (χ2n) is 9.43. The van der Waals surface area contributed by atoms with Crippen molar-refractivity contribution in [1.29, 1.82) is 0 Å². The van der Waals surface area contributed by atoms with Gasteiger partial charge in [0.15, 0.2) is 0 Å². The molecule has 1 aromatic carbocycles. The molecule has 10 heteroatoms. The van der Waals surface area contributed by atoms with Crippen molar-refractivity contribution in [3.63, 3.8) is 0 Å². The summed E-state index contributed by atoms with van der Waals surface area (Å²) < 4.78 is 37.6. The zero-order valence-electron chi connectivity index (χ0n) is 20.6. The number of carbonyl (C=O) groups is 3. The third-order valence-corrected chi connectivity index (χ3v) is 5.95. The van der Waals surface area contributed by atoms with Crippen LogP contribution in [0, 0.1) is 17.0 Å². The van der Waals surface area contributed by atoms with E-state index < -0.39 is 28.9 Å². The van der Waals surface area contributed by atoms with Gasteiger partial charge in [-0.05, 0) is 76.8 Å². The lowest BCUT2D eigenvalue weighted by Crippen LogP contribution is -2.45. The van der Waals surface area contributed by atoms with Crippen LogP contribution in [0.25, 0.3) is 0 Å². The first-order valence-corrected chi connectivity index (χ1v) is 11.9. The maximum Gasteiger partial charge on any atom is 0.312 e. The molecule has 0 spiro atoms. The fourth-order valence-electron chi connectivity index (χ4n) is 4.01. The van der Waals surface area contributed by atoms with Gasteiger partial charge >= 0.3 is 5.97 Å². The lowest BCUT2D eigenvalue weighted by molar-refractivity contribution is -0.155. The molecular formula is C26H31F2N3O5. The third-order valence-electron chi connectivity index (χ3n) is 5.95. The predicted octanol–water partition coefficient (Wildman–Crippen LogP) is 4.29. The van der Waals surface area contributed by atoms with Gasteiger partial charge in [0.05, 0.1) is 18.2 Å². The van der Waals surface area contributed by atoms with Gasteiger partial charge in [-0.15, -0.1) is 0 Å². The Hall–Kier alpha value is -3.56. The minimum absolute atomic E-state index is 0.0197. The van der Waals surface area contributed by atoms with Crippen LogP contribution in [-0.4, -0.2) is 41.5 Å². The predicted molar refractivity (Wildman–Crippen MR) is 127 cm³/mol. The highest BCUT2D eigenvalue weighted by molar-refractivity contribution is 5.96. The Labute approximate surface area is 208 Å². The molecule has 1 fully saturated rings. The van der Waals surface area contributed by atoms with Gasteiger partial charge in [0, 0.05) is 18.5 Å². The van der Waals surface area contributed by atoms with Crippen LogP contribution in [0.1, 0.15) is 63.2 Å². The third kappa shape index (κ3) is 7.47. The highest BCUT2D eigenvalue weighted by Gasteiger charge is 2.33. The average molecular weight is 504 g/mol. The molecule has 0 radical (unpaired) electrons. The number of pyridine rings is 1. The van der Waals surface area contributed by atoms with Crippen LogP contribution in [0.15, 0.2) is 36.5 Å². The number of rotatable bonds is 9. The minimum atomic E-state index is -0.919. The van der Waals surface area contributed by atoms with Crippen molar-refractivity contribution in [2.24, 2.45) is 5.41 Å². The molecule has 1 aromatic heterocycles. The molecule has 1 aliphatic carbocycles. The molecule has 1 saturated carbocycles. The van der Waals surface area contributed by atoms with Crippen LogP contribution < -0.4 is 15.4 Å². The van der Waals surface area contributed by atoms with Gasteiger partial charge < -0.3 is 20.1 Å². The van der Waals surface area contributed by atoms with Gasteiger partial charge in [-0.1, -0.05) is 0 Å². The number of hydrogen-bond acceptors (Lipinski definition) is 6. The standard InChI is InChI=1S/C26H31F2N3O5/c1-4-35-25(34)26(2,3)14-22(32)30-18-7-9-19(10-8-18)31-23(33)21-13-17(28)15-29-24(21)36-20-11-5-16(27)6-12-20/h5-6,11-13,15,18-19H,4,7-10,14H2,1-3H3,(H,30,32)(H,31,33). The lowest BCUT2D eigenvalue weighted by Gasteiger charge is -2.30. The number of nitrogens with zero attached hydrogens (tertiary/aromatic N) is 1. The molecule has 0 aliphatic heterocycles. The molecule has 0 bridgehead atoms. The largest absolute Gasteiger partial charge is 0.466 e. The number of halogens is 2. The quantitative estimate of drug-likeness (QED) is 0.495. The Bertz CT molecular complexity index is 1080. The molecule has 8 nitrogen and oxygen atoms in total. The Balaban J connectivity index is 1.53. The summed E-state index contributed by atoms with van der Waals surface area (Å²) in [6.07, 6.45) is 3.44. The van der Waals surface area contributed by atoms with Gasteiger partial charge in [-0.2, -0.15) is 0 Å². The summed E-state index contributed by atoms with van der Waals surface area (Å²) in [5.74, 6) is -2.15. The van der Waals surface area contributed by atoms with E-state index in [1.54, 1.807) is 20.8 Å². The van der Waals surface area contributed by atoms with Crippen molar-refractivity contribution in [3.05, 3.63) is 53.7 Å². The maximum absolute atomic E-state index is 13.8. The second-order valence-corrected chi connectivity index (χ2v) is 9.43. The zero-order chi connectivity index (χ0) is 26.3. The normalized spacial score (nSPS) is 17.7. The van der Waals surface area contributed by atoms with Crippen molar-refractivity contribution < 1.29 is 32.6 Å². The Morgan fingerprint density at radius 3 is 2.22 bits per heavy atom. The van der Waals surface area contributed by atoms with E-state index in [4.69, 9.17) is 9.47 Å². The Morgan fingerprint density at radius 2 is 1.61 bits per heavy atom. The monoisotopic (exact) mass is 503 g/mol. The first-order chi connectivity index (χ1) is 17.1. The molecule has 36 heavy (non-hydrogen) atoms. The summed E-state index contributed by atoms with van der Waals surface area (Å²) in [7, 11) is 0. The SMILES string of the molecule is CCOC(=O)C(C)(C)CC(=O)NC1CCC(NC(=O)c2cc(F)cnc2Oc2ccc(F)cc2)CC1. The molecule has 1 heterocycles. The van der Waals surface area contributed by atoms with E-state index in [9.17, 15) is 23.2 Å². The highest BCUT2D eigenvalue weighted by atomic mass is 19.1. The lowest BCUT2D eigenvalue weighted by atomic mass is 9.87. The van der Waals surface area contributed by atoms with Crippen LogP contribution in [0.5, 0.6) is 11.6 Å². The molecule has 2 N–H and O–H groups in total. The van der Waals surface area contributed by atoms with Crippen molar-refractivity contribution in [3.8, 4) is 11.6 Å². The second kappa shape index (κ2) is 11.9. The molecule has 2 amide bonds. The Kier molecular flexibility index (Phi) is 8.95. The van der Waals surface area contributed by atoms with E-state index in [0.29, 0.717) is 25.7 Å². The average Bonchev–Trinajstić information content (AvgIpc) is 2.82. The van der Waals surface area contributed by atoms with E-state index in [2.05, 4.69) is 15.6 Å². The highest BCUT2D eigenvalue weighted by Crippen LogP contribution is 2.26. The van der Waals surface area contributed by atoms with E-state index in [0.717, 1.165) is 12.3 Å². The van der Waals surface area contributed by atoms with E-state index in [-0.39, 0.29) is 48.2 Å². The van der Waals surface area contributed by atoms with Gasteiger partial charge in [0.25, 0.3) is 5.91 Å². The number of esters is 1. The van der Waals surface area contributed by atoms with Crippen LogP contribution >= 0.6 is 0 Å². The van der Waals surface area contributed by atoms with E-state index >= 15 is 0 Å². The molecular weight excluding hydrogens is 472 g/mol. The summed E-state index contributed by atoms with van der Waals surface area (Å²) in [5, 5.41) is 5.84. The van der Waals surface area contributed by atoms with Crippen LogP contribution in [0.3, 0.4) is 0 Å². The number of benzene rings is 1. The number of carbonyl (C=O) groups excluding carboxylic acids is 3. The fraction of sp³-hybridized carbons (Fsp3) is 0.462. The summed E-state index contributed by atoms with van der Waals surface area (Å²) in [5.41, 5.74) is -0.992. The van der Waals surface area contributed by atoms with Gasteiger partial charge in [0.2, 0.25) is 11.8 Å². The van der Waals surface area contributed by atoms with Gasteiger partial charge in [0.1, 0.15) is 22.9 Å². The van der Waals surface area contributed by atoms with Crippen molar-refractivity contribution in [2.75, 3.05) is 6.61 Å². The fourth-order valence-corrected chi connectivity index (χ4v) is 4.01. The smallest absolute Gasteiger partial charge is 0.312 e. The van der Waals surface area contributed by atoms with Crippen LogP contribution in [0.4, 0.5) is 8.78 Å². The van der Waals surface area contributed by atoms with Crippen molar-refractivity contribution in [1.82, 2.24) is 15.6 Å². The number of nitrogens with one attached hydrogen (secondary N) is 2. The van der Waals surface area contributed by atoms with Gasteiger partial charge in [-0.3, -0.25) is 14.4 Å². The summed E-state index contributed by atoms with van der Waals surface area (Å²) in [6, 6.07) is 5.96. The molecule has 3 rings (SSSR count). The summed E-state index contributed by atoms with van der Waals surface area (Å²) in [6.45, 7) is 5.32. The summed E-state index contributed by atoms with van der Waals surface area (Å²) in [4.78, 5) is 41.2.